The molecule has 1 aromatic carbocycles. The second kappa shape index (κ2) is 6.72. The highest BCUT2D eigenvalue weighted by Crippen LogP contribution is 2.21. The van der Waals surface area contributed by atoms with E-state index in [4.69, 9.17) is 0 Å². The van der Waals surface area contributed by atoms with Gasteiger partial charge in [0, 0.05) is 6.54 Å². The SMILES string of the molecule is COC(=O)NS(=O)(=O)NCC(Br)c1ccccc1. The topological polar surface area (TPSA) is 84.5 Å². The van der Waals surface area contributed by atoms with Crippen molar-refractivity contribution in [3.8, 4) is 0 Å². The first-order valence-corrected chi connectivity index (χ1v) is 7.39. The predicted octanol–water partition coefficient (Wildman–Crippen LogP) is 1.31. The molecule has 0 aliphatic heterocycles. The minimum Gasteiger partial charge on any atom is -0.452 e. The van der Waals surface area contributed by atoms with Gasteiger partial charge in [-0.15, -0.1) is 0 Å². The Balaban J connectivity index is 2.53. The van der Waals surface area contributed by atoms with E-state index in [1.54, 1.807) is 4.72 Å². The van der Waals surface area contributed by atoms with Gasteiger partial charge in [-0.3, -0.25) is 0 Å². The lowest BCUT2D eigenvalue weighted by atomic mass is 10.2. The predicted molar refractivity (Wildman–Crippen MR) is 70.6 cm³/mol. The van der Waals surface area contributed by atoms with Crippen molar-refractivity contribution in [1.82, 2.24) is 9.44 Å². The highest BCUT2D eigenvalue weighted by atomic mass is 79.9. The maximum atomic E-state index is 11.4. The highest BCUT2D eigenvalue weighted by Gasteiger charge is 2.16. The first kappa shape index (κ1) is 14.9. The zero-order valence-corrected chi connectivity index (χ0v) is 12.0. The molecular formula is C10H13BrN2O4S. The molecule has 0 saturated carbocycles. The molecule has 6 nitrogen and oxygen atoms in total. The van der Waals surface area contributed by atoms with E-state index in [-0.39, 0.29) is 11.4 Å². The Morgan fingerprint density at radius 3 is 2.56 bits per heavy atom. The van der Waals surface area contributed by atoms with E-state index in [1.807, 2.05) is 30.3 Å². The van der Waals surface area contributed by atoms with Crippen molar-refractivity contribution in [2.75, 3.05) is 13.7 Å². The molecule has 100 valence electrons. The van der Waals surface area contributed by atoms with Gasteiger partial charge in [0.25, 0.3) is 0 Å². The summed E-state index contributed by atoms with van der Waals surface area (Å²) in [5, 5.41) is 0. The molecular weight excluding hydrogens is 324 g/mol. The number of hydrogen-bond donors (Lipinski definition) is 2. The standard InChI is InChI=1S/C10H13BrN2O4S/c1-17-10(14)13-18(15,16)12-7-9(11)8-5-3-2-4-6-8/h2-6,9,12H,7H2,1H3,(H,13,14). The molecule has 0 aromatic heterocycles. The Bertz CT molecular complexity index is 492. The first-order valence-electron chi connectivity index (χ1n) is 4.99. The molecule has 1 amide bonds. The first-order chi connectivity index (χ1) is 8.44. The molecule has 0 spiro atoms. The van der Waals surface area contributed by atoms with E-state index in [2.05, 4.69) is 25.4 Å². The summed E-state index contributed by atoms with van der Waals surface area (Å²) in [6.45, 7) is 0.107. The lowest BCUT2D eigenvalue weighted by molar-refractivity contribution is 0.177. The molecule has 0 aliphatic carbocycles. The fraction of sp³-hybridized carbons (Fsp3) is 0.300. The zero-order valence-electron chi connectivity index (χ0n) is 9.59. The molecule has 0 radical (unpaired) electrons. The van der Waals surface area contributed by atoms with Crippen molar-refractivity contribution < 1.29 is 17.9 Å². The molecule has 0 bridgehead atoms. The van der Waals surface area contributed by atoms with Crippen LogP contribution in [0.15, 0.2) is 30.3 Å². The summed E-state index contributed by atoms with van der Waals surface area (Å²) >= 11 is 3.35. The van der Waals surface area contributed by atoms with Crippen LogP contribution < -0.4 is 9.44 Å². The van der Waals surface area contributed by atoms with Gasteiger partial charge in [-0.1, -0.05) is 46.3 Å². The molecule has 0 fully saturated rings. The van der Waals surface area contributed by atoms with Crippen molar-refractivity contribution >= 4 is 32.2 Å². The third kappa shape index (κ3) is 5.03. The number of nitrogens with one attached hydrogen (secondary N) is 2. The van der Waals surface area contributed by atoms with Crippen LogP contribution in [0.25, 0.3) is 0 Å². The van der Waals surface area contributed by atoms with E-state index in [0.29, 0.717) is 0 Å². The number of rotatable bonds is 5. The Labute approximate surface area is 114 Å². The van der Waals surface area contributed by atoms with E-state index in [9.17, 15) is 13.2 Å². The highest BCUT2D eigenvalue weighted by molar-refractivity contribution is 9.09. The number of amides is 1. The second-order valence-electron chi connectivity index (χ2n) is 3.32. The molecule has 1 rings (SSSR count). The maximum Gasteiger partial charge on any atom is 0.421 e. The van der Waals surface area contributed by atoms with E-state index >= 15 is 0 Å². The number of hydrogen-bond acceptors (Lipinski definition) is 4. The van der Waals surface area contributed by atoms with Crippen molar-refractivity contribution in [2.24, 2.45) is 0 Å². The number of benzene rings is 1. The van der Waals surface area contributed by atoms with Crippen LogP contribution in [0.3, 0.4) is 0 Å². The summed E-state index contributed by atoms with van der Waals surface area (Å²) in [6, 6.07) is 9.30. The third-order valence-electron chi connectivity index (χ3n) is 2.02. The van der Waals surface area contributed by atoms with Crippen LogP contribution in [0.2, 0.25) is 0 Å². The largest absolute Gasteiger partial charge is 0.452 e. The average molecular weight is 337 g/mol. The van der Waals surface area contributed by atoms with Crippen LogP contribution in [0.5, 0.6) is 0 Å². The summed E-state index contributed by atoms with van der Waals surface area (Å²) in [5.41, 5.74) is 0.929. The molecule has 8 heteroatoms. The van der Waals surface area contributed by atoms with E-state index in [0.717, 1.165) is 12.7 Å². The number of carbonyl (C=O) groups is 1. The van der Waals surface area contributed by atoms with Crippen LogP contribution in [-0.4, -0.2) is 28.2 Å². The van der Waals surface area contributed by atoms with Crippen LogP contribution in [0, 0.1) is 0 Å². The van der Waals surface area contributed by atoms with Gasteiger partial charge in [-0.05, 0) is 5.56 Å². The van der Waals surface area contributed by atoms with Crippen LogP contribution >= 0.6 is 15.9 Å². The molecule has 0 heterocycles. The lowest BCUT2D eigenvalue weighted by Crippen LogP contribution is -2.41. The van der Waals surface area contributed by atoms with Crippen molar-refractivity contribution in [2.45, 2.75) is 4.83 Å². The minimum absolute atomic E-state index is 0.107. The molecule has 0 saturated heterocycles. The van der Waals surface area contributed by atoms with Crippen LogP contribution in [0.1, 0.15) is 10.4 Å². The number of carbonyl (C=O) groups excluding carboxylic acids is 1. The van der Waals surface area contributed by atoms with Crippen molar-refractivity contribution in [3.05, 3.63) is 35.9 Å². The molecule has 1 aromatic rings. The van der Waals surface area contributed by atoms with Gasteiger partial charge in [-0.2, -0.15) is 13.1 Å². The summed E-state index contributed by atoms with van der Waals surface area (Å²) in [6.07, 6.45) is -1.03. The number of halogens is 1. The Morgan fingerprint density at radius 1 is 1.39 bits per heavy atom. The van der Waals surface area contributed by atoms with Gasteiger partial charge in [0.2, 0.25) is 0 Å². The van der Waals surface area contributed by atoms with Gasteiger partial charge in [-0.25, -0.2) is 9.52 Å². The Hall–Kier alpha value is -1.12. The molecule has 18 heavy (non-hydrogen) atoms. The van der Waals surface area contributed by atoms with Gasteiger partial charge in [0.05, 0.1) is 11.9 Å². The molecule has 0 aliphatic rings. The monoisotopic (exact) mass is 336 g/mol. The summed E-state index contributed by atoms with van der Waals surface area (Å²) in [5.74, 6) is 0. The van der Waals surface area contributed by atoms with Crippen LogP contribution in [-0.2, 0) is 14.9 Å². The average Bonchev–Trinajstić information content (AvgIpc) is 2.36. The number of alkyl halides is 1. The Morgan fingerprint density at radius 2 is 2.00 bits per heavy atom. The van der Waals surface area contributed by atoms with Crippen LogP contribution in [0.4, 0.5) is 4.79 Å². The minimum atomic E-state index is -3.90. The van der Waals surface area contributed by atoms with Crippen molar-refractivity contribution in [1.29, 1.82) is 0 Å². The summed E-state index contributed by atoms with van der Waals surface area (Å²) in [4.78, 5) is 10.6. The van der Waals surface area contributed by atoms with Gasteiger partial charge >= 0.3 is 16.3 Å². The van der Waals surface area contributed by atoms with Gasteiger partial charge < -0.3 is 4.74 Å². The van der Waals surface area contributed by atoms with Crippen molar-refractivity contribution in [3.63, 3.8) is 0 Å². The quantitative estimate of drug-likeness (QED) is 0.794. The fourth-order valence-corrected chi connectivity index (χ4v) is 2.59. The molecule has 1 unspecified atom stereocenters. The lowest BCUT2D eigenvalue weighted by Gasteiger charge is -2.12. The van der Waals surface area contributed by atoms with Gasteiger partial charge in [0.15, 0.2) is 0 Å². The second-order valence-corrected chi connectivity index (χ2v) is 5.93. The summed E-state index contributed by atoms with van der Waals surface area (Å²) < 4.78 is 30.9. The Kier molecular flexibility index (Phi) is 5.57. The smallest absolute Gasteiger partial charge is 0.421 e. The fourth-order valence-electron chi connectivity index (χ4n) is 1.15. The van der Waals surface area contributed by atoms with E-state index < -0.39 is 16.3 Å². The zero-order chi connectivity index (χ0) is 13.6. The number of methoxy groups -OCH3 is 1. The maximum absolute atomic E-state index is 11.4. The third-order valence-corrected chi connectivity index (χ3v) is 3.85. The number of ether oxygens (including phenoxy) is 1. The summed E-state index contributed by atoms with van der Waals surface area (Å²) in [7, 11) is -2.82. The van der Waals surface area contributed by atoms with Gasteiger partial charge in [0.1, 0.15) is 0 Å². The molecule has 1 atom stereocenters. The normalized spacial score (nSPS) is 12.8. The molecule has 2 N–H and O–H groups in total. The van der Waals surface area contributed by atoms with E-state index in [1.165, 1.54) is 0 Å².